The van der Waals surface area contributed by atoms with E-state index in [-0.39, 0.29) is 5.78 Å². The fourth-order valence-corrected chi connectivity index (χ4v) is 3.74. The van der Waals surface area contributed by atoms with Crippen LogP contribution in [0.25, 0.3) is 0 Å². The lowest BCUT2D eigenvalue weighted by Gasteiger charge is -2.14. The molecule has 0 saturated carbocycles. The predicted octanol–water partition coefficient (Wildman–Crippen LogP) is 4.27. The molecular weight excluding hydrogens is 295 g/mol. The predicted molar refractivity (Wildman–Crippen MR) is 89.2 cm³/mol. The summed E-state index contributed by atoms with van der Waals surface area (Å²) in [5, 5.41) is 0.688. The van der Waals surface area contributed by atoms with Crippen molar-refractivity contribution in [3.63, 3.8) is 0 Å². The molecule has 0 N–H and O–H groups in total. The largest absolute Gasteiger partial charge is 0.291 e. The Labute approximate surface area is 132 Å². The summed E-state index contributed by atoms with van der Waals surface area (Å²) in [6, 6.07) is 12.9. The van der Waals surface area contributed by atoms with Gasteiger partial charge in [0.25, 0.3) is 0 Å². The molecule has 2 atom stereocenters. The maximum absolute atomic E-state index is 12.5. The molecule has 0 spiro atoms. The van der Waals surface area contributed by atoms with Crippen LogP contribution in [0.15, 0.2) is 42.5 Å². The van der Waals surface area contributed by atoms with E-state index >= 15 is 0 Å². The van der Waals surface area contributed by atoms with Gasteiger partial charge in [0.15, 0.2) is 5.78 Å². The second-order valence-electron chi connectivity index (χ2n) is 5.48. The lowest BCUT2D eigenvalue weighted by atomic mass is 10.1. The molecule has 0 aliphatic heterocycles. The fourth-order valence-electron chi connectivity index (χ4n) is 2.54. The van der Waals surface area contributed by atoms with Gasteiger partial charge in [-0.15, -0.1) is 0 Å². The van der Waals surface area contributed by atoms with Gasteiger partial charge in [-0.25, -0.2) is 4.57 Å². The van der Waals surface area contributed by atoms with Crippen molar-refractivity contribution in [3.05, 3.63) is 64.7 Å². The van der Waals surface area contributed by atoms with E-state index < -0.39 is 14.1 Å². The van der Waals surface area contributed by atoms with Crippen LogP contribution in [0.5, 0.6) is 0 Å². The number of rotatable bonds is 5. The van der Waals surface area contributed by atoms with Gasteiger partial charge in [-0.1, -0.05) is 48.0 Å². The Morgan fingerprint density at radius 1 is 1.05 bits per heavy atom. The Hall–Kier alpha value is -1.83. The number of hydrogen-bond acceptors (Lipinski definition) is 3. The lowest BCUT2D eigenvalue weighted by Crippen LogP contribution is -2.20. The molecule has 0 amide bonds. The quantitative estimate of drug-likeness (QED) is 0.611. The zero-order valence-corrected chi connectivity index (χ0v) is 14.2. The summed E-state index contributed by atoms with van der Waals surface area (Å²) >= 11 is 0. The van der Waals surface area contributed by atoms with Crippen molar-refractivity contribution in [1.29, 1.82) is 0 Å². The Morgan fingerprint density at radius 2 is 1.59 bits per heavy atom. The van der Waals surface area contributed by atoms with Crippen molar-refractivity contribution in [2.75, 3.05) is 0 Å². The van der Waals surface area contributed by atoms with Crippen molar-refractivity contribution in [2.45, 2.75) is 33.8 Å². The van der Waals surface area contributed by atoms with E-state index in [1.54, 1.807) is 31.2 Å². The van der Waals surface area contributed by atoms with E-state index in [1.807, 2.05) is 39.0 Å². The first-order valence-electron chi connectivity index (χ1n) is 7.21. The van der Waals surface area contributed by atoms with Crippen molar-refractivity contribution < 1.29 is 13.9 Å². The van der Waals surface area contributed by atoms with Crippen LogP contribution in [0.2, 0.25) is 0 Å². The normalized spacial score (nSPS) is 12.8. The molecule has 2 aromatic carbocycles. The van der Waals surface area contributed by atoms with Crippen LogP contribution < -0.4 is 5.30 Å². The van der Waals surface area contributed by atoms with Gasteiger partial charge in [-0.05, 0) is 38.8 Å². The Bertz CT molecular complexity index is 685. The van der Waals surface area contributed by atoms with E-state index in [0.29, 0.717) is 10.9 Å². The number of ketones is 1. The second-order valence-corrected chi connectivity index (χ2v) is 6.65. The average molecular weight is 315 g/mol. The van der Waals surface area contributed by atoms with Crippen LogP contribution >= 0.6 is 8.03 Å². The van der Waals surface area contributed by atoms with Gasteiger partial charge in [-0.2, -0.15) is 0 Å². The number of hydrogen-bond donors (Lipinski definition) is 0. The summed E-state index contributed by atoms with van der Waals surface area (Å²) < 4.78 is 18.0. The summed E-state index contributed by atoms with van der Waals surface area (Å²) in [6.07, 6.45) is -0.744. The van der Waals surface area contributed by atoms with Crippen molar-refractivity contribution in [1.82, 2.24) is 0 Å². The van der Waals surface area contributed by atoms with E-state index in [9.17, 15) is 9.36 Å². The summed E-state index contributed by atoms with van der Waals surface area (Å²) in [7, 11) is -2.06. The van der Waals surface area contributed by atoms with Crippen molar-refractivity contribution >= 4 is 19.1 Å². The summed E-state index contributed by atoms with van der Waals surface area (Å²) in [5.74, 6) is -0.161. The van der Waals surface area contributed by atoms with E-state index in [0.717, 1.165) is 16.7 Å². The molecule has 3 nitrogen and oxygen atoms in total. The summed E-state index contributed by atoms with van der Waals surface area (Å²) in [4.78, 5) is 12.3. The number of carbonyl (C=O) groups is 1. The molecule has 0 saturated heterocycles. The second kappa shape index (κ2) is 6.95. The van der Waals surface area contributed by atoms with Gasteiger partial charge >= 0.3 is 0 Å². The van der Waals surface area contributed by atoms with Gasteiger partial charge in [0.1, 0.15) is 6.10 Å². The summed E-state index contributed by atoms with van der Waals surface area (Å²) in [6.45, 7) is 7.46. The molecule has 2 aromatic rings. The molecule has 0 heterocycles. The minimum Gasteiger partial charge on any atom is -0.291 e. The SMILES string of the molecule is Cc1cc(C)c([P](=O)OC(C)C(=O)c2ccccc2)c(C)c1. The number of aryl methyl sites for hydroxylation is 3. The molecule has 2 unspecified atom stereocenters. The highest BCUT2D eigenvalue weighted by molar-refractivity contribution is 7.48. The zero-order valence-electron chi connectivity index (χ0n) is 13.3. The zero-order chi connectivity index (χ0) is 16.3. The van der Waals surface area contributed by atoms with Crippen LogP contribution in [0.4, 0.5) is 0 Å². The number of carbonyl (C=O) groups excluding carboxylic acids is 1. The monoisotopic (exact) mass is 315 g/mol. The maximum atomic E-state index is 12.5. The van der Waals surface area contributed by atoms with Gasteiger partial charge < -0.3 is 0 Å². The first-order chi connectivity index (χ1) is 10.4. The molecule has 2 rings (SSSR count). The molecule has 115 valence electrons. The van der Waals surface area contributed by atoms with Crippen LogP contribution in [-0.2, 0) is 9.09 Å². The first kappa shape index (κ1) is 16.5. The standard InChI is InChI=1S/C18H20O3P/c1-12-10-13(2)18(14(3)11-12)22(20)21-15(4)17(19)16-8-6-5-7-9-16/h5-11,15H,1-4H3. The Kier molecular flexibility index (Phi) is 5.23. The van der Waals surface area contributed by atoms with Gasteiger partial charge in [-0.3, -0.25) is 9.32 Å². The molecule has 1 radical (unpaired) electrons. The molecule has 0 aliphatic rings. The third-order valence-electron chi connectivity index (χ3n) is 3.50. The molecule has 22 heavy (non-hydrogen) atoms. The topological polar surface area (TPSA) is 43.4 Å². The van der Waals surface area contributed by atoms with Crippen LogP contribution in [0.1, 0.15) is 34.0 Å². The Morgan fingerprint density at radius 3 is 2.14 bits per heavy atom. The van der Waals surface area contributed by atoms with E-state index in [4.69, 9.17) is 4.52 Å². The average Bonchev–Trinajstić information content (AvgIpc) is 2.46. The van der Waals surface area contributed by atoms with Gasteiger partial charge in [0.2, 0.25) is 8.03 Å². The molecule has 4 heteroatoms. The molecular formula is C18H20O3P. The highest BCUT2D eigenvalue weighted by atomic mass is 31.1. The maximum Gasteiger partial charge on any atom is 0.247 e. The molecule has 0 bridgehead atoms. The van der Waals surface area contributed by atoms with E-state index in [1.165, 1.54) is 0 Å². The minimum absolute atomic E-state index is 0.161. The molecule has 0 aliphatic carbocycles. The third-order valence-corrected chi connectivity index (χ3v) is 5.08. The summed E-state index contributed by atoms with van der Waals surface area (Å²) in [5.41, 5.74) is 3.54. The first-order valence-corrected chi connectivity index (χ1v) is 8.39. The lowest BCUT2D eigenvalue weighted by molar-refractivity contribution is 0.0831. The van der Waals surface area contributed by atoms with Crippen LogP contribution in [0.3, 0.4) is 0 Å². The molecule has 0 fully saturated rings. The van der Waals surface area contributed by atoms with Gasteiger partial charge in [0.05, 0.1) is 5.30 Å². The van der Waals surface area contributed by atoms with Crippen molar-refractivity contribution in [3.8, 4) is 0 Å². The number of benzene rings is 2. The fraction of sp³-hybridized carbons (Fsp3) is 0.278. The number of Topliss-reactive ketones (excluding diaryl/α,β-unsaturated/α-hetero) is 1. The highest BCUT2D eigenvalue weighted by Crippen LogP contribution is 2.29. The third kappa shape index (κ3) is 3.68. The minimum atomic E-state index is -2.06. The Balaban J connectivity index is 2.17. The highest BCUT2D eigenvalue weighted by Gasteiger charge is 2.21. The smallest absolute Gasteiger partial charge is 0.247 e. The van der Waals surface area contributed by atoms with E-state index in [2.05, 4.69) is 0 Å². The van der Waals surface area contributed by atoms with Crippen LogP contribution in [0, 0.1) is 20.8 Å². The molecule has 0 aromatic heterocycles. The van der Waals surface area contributed by atoms with Gasteiger partial charge in [0, 0.05) is 5.56 Å². The van der Waals surface area contributed by atoms with Crippen LogP contribution in [-0.4, -0.2) is 11.9 Å². The van der Waals surface area contributed by atoms with Crippen molar-refractivity contribution in [2.24, 2.45) is 0 Å².